The average molecular weight is 363 g/mol. The fourth-order valence-corrected chi connectivity index (χ4v) is 3.68. The van der Waals surface area contributed by atoms with E-state index in [-0.39, 0.29) is 11.9 Å². The molecule has 6 nitrogen and oxygen atoms in total. The first-order chi connectivity index (χ1) is 12.5. The minimum Gasteiger partial charge on any atom is -0.366 e. The van der Waals surface area contributed by atoms with Crippen LogP contribution in [0.5, 0.6) is 0 Å². The Morgan fingerprint density at radius 1 is 1.15 bits per heavy atom. The Morgan fingerprint density at radius 3 is 2.69 bits per heavy atom. The number of para-hydroxylation sites is 1. The molecule has 0 saturated carbocycles. The number of nitrogens with one attached hydrogen (secondary N) is 1. The van der Waals surface area contributed by atoms with Crippen LogP contribution in [0.3, 0.4) is 0 Å². The third-order valence-electron chi connectivity index (χ3n) is 4.23. The molecule has 0 aliphatic heterocycles. The van der Waals surface area contributed by atoms with Crippen molar-refractivity contribution < 1.29 is 4.79 Å². The van der Waals surface area contributed by atoms with E-state index in [4.69, 9.17) is 5.73 Å². The molecule has 130 valence electrons. The molecular formula is C19H17N5OS. The molecule has 26 heavy (non-hydrogen) atoms. The molecule has 0 aliphatic carbocycles. The van der Waals surface area contributed by atoms with Gasteiger partial charge in [0.1, 0.15) is 0 Å². The largest absolute Gasteiger partial charge is 0.366 e. The Kier molecular flexibility index (Phi) is 3.93. The first-order valence-corrected chi connectivity index (χ1v) is 8.97. The van der Waals surface area contributed by atoms with Crippen LogP contribution < -0.4 is 11.1 Å². The van der Waals surface area contributed by atoms with Gasteiger partial charge in [0, 0.05) is 11.9 Å². The molecular weight excluding hydrogens is 346 g/mol. The predicted molar refractivity (Wildman–Crippen MR) is 105 cm³/mol. The summed E-state index contributed by atoms with van der Waals surface area (Å²) >= 11 is 1.41. The van der Waals surface area contributed by atoms with Gasteiger partial charge in [-0.3, -0.25) is 4.79 Å². The van der Waals surface area contributed by atoms with Crippen LogP contribution in [-0.2, 0) is 0 Å². The summed E-state index contributed by atoms with van der Waals surface area (Å²) in [5, 5.41) is 9.05. The molecule has 0 unspecified atom stereocenters. The minimum absolute atomic E-state index is 0.105. The molecule has 0 bridgehead atoms. The van der Waals surface area contributed by atoms with Gasteiger partial charge < -0.3 is 11.1 Å². The summed E-state index contributed by atoms with van der Waals surface area (Å²) < 4.78 is 1.62. The number of benzene rings is 1. The summed E-state index contributed by atoms with van der Waals surface area (Å²) in [5.41, 5.74) is 11.2. The molecule has 3 aromatic heterocycles. The van der Waals surface area contributed by atoms with Crippen LogP contribution in [0, 0.1) is 13.8 Å². The first-order valence-electron chi connectivity index (χ1n) is 8.09. The second-order valence-corrected chi connectivity index (χ2v) is 7.02. The van der Waals surface area contributed by atoms with E-state index >= 15 is 0 Å². The number of nitrogens with two attached hydrogens (primary N) is 1. The number of hydrogen-bond acceptors (Lipinski definition) is 5. The molecule has 3 heterocycles. The summed E-state index contributed by atoms with van der Waals surface area (Å²) in [5.74, 6) is 0.132. The Morgan fingerprint density at radius 2 is 1.92 bits per heavy atom. The number of fused-ring (bicyclic) bond motifs is 1. The zero-order valence-corrected chi connectivity index (χ0v) is 15.2. The van der Waals surface area contributed by atoms with Gasteiger partial charge in [-0.1, -0.05) is 18.2 Å². The first kappa shape index (κ1) is 16.3. The Bertz CT molecular complexity index is 1110. The van der Waals surface area contributed by atoms with E-state index in [0.29, 0.717) is 10.5 Å². The van der Waals surface area contributed by atoms with E-state index < -0.39 is 0 Å². The van der Waals surface area contributed by atoms with Crippen LogP contribution in [0.4, 0.5) is 11.6 Å². The van der Waals surface area contributed by atoms with Gasteiger partial charge in [0.15, 0.2) is 5.65 Å². The SMILES string of the molecule is Cc1cccc(C)c1NC(=O)c1cc(-c2ccn3nc(N)nc3c2)cs1. The van der Waals surface area contributed by atoms with Crippen molar-refractivity contribution in [2.24, 2.45) is 0 Å². The van der Waals surface area contributed by atoms with E-state index in [1.165, 1.54) is 11.3 Å². The number of aryl methyl sites for hydroxylation is 2. The average Bonchev–Trinajstić information content (AvgIpc) is 3.23. The highest BCUT2D eigenvalue weighted by Crippen LogP contribution is 2.28. The highest BCUT2D eigenvalue weighted by atomic mass is 32.1. The van der Waals surface area contributed by atoms with Crippen molar-refractivity contribution in [2.75, 3.05) is 11.1 Å². The molecule has 0 spiro atoms. The predicted octanol–water partition coefficient (Wildman–Crippen LogP) is 3.91. The zero-order valence-electron chi connectivity index (χ0n) is 14.4. The fraction of sp³-hybridized carbons (Fsp3) is 0.105. The normalized spacial score (nSPS) is 11.0. The molecule has 1 amide bonds. The molecule has 7 heteroatoms. The molecule has 0 radical (unpaired) electrons. The topological polar surface area (TPSA) is 85.3 Å². The van der Waals surface area contributed by atoms with Crippen LogP contribution in [-0.4, -0.2) is 20.5 Å². The lowest BCUT2D eigenvalue weighted by Crippen LogP contribution is -2.12. The van der Waals surface area contributed by atoms with E-state index in [9.17, 15) is 4.79 Å². The lowest BCUT2D eigenvalue weighted by Gasteiger charge is -2.10. The van der Waals surface area contributed by atoms with Crippen molar-refractivity contribution in [1.29, 1.82) is 0 Å². The molecule has 0 aliphatic rings. The number of hydrogen-bond donors (Lipinski definition) is 2. The number of rotatable bonds is 3. The molecule has 0 fully saturated rings. The molecule has 0 saturated heterocycles. The van der Waals surface area contributed by atoms with Crippen LogP contribution in [0.1, 0.15) is 20.8 Å². The zero-order chi connectivity index (χ0) is 18.3. The summed E-state index contributed by atoms with van der Waals surface area (Å²) in [7, 11) is 0. The van der Waals surface area contributed by atoms with E-state index in [2.05, 4.69) is 15.4 Å². The van der Waals surface area contributed by atoms with Gasteiger partial charge in [-0.15, -0.1) is 16.4 Å². The van der Waals surface area contributed by atoms with Crippen molar-refractivity contribution in [3.8, 4) is 11.1 Å². The maximum absolute atomic E-state index is 12.6. The van der Waals surface area contributed by atoms with Gasteiger partial charge >= 0.3 is 0 Å². The van der Waals surface area contributed by atoms with Gasteiger partial charge in [-0.05, 0) is 59.7 Å². The van der Waals surface area contributed by atoms with Gasteiger partial charge in [0.25, 0.3) is 5.91 Å². The van der Waals surface area contributed by atoms with Crippen LogP contribution in [0.25, 0.3) is 16.8 Å². The van der Waals surface area contributed by atoms with Gasteiger partial charge in [0.2, 0.25) is 5.95 Å². The highest BCUT2D eigenvalue weighted by molar-refractivity contribution is 7.12. The number of nitrogens with zero attached hydrogens (tertiary/aromatic N) is 3. The maximum atomic E-state index is 12.6. The number of nitrogen functional groups attached to an aromatic ring is 1. The standard InChI is InChI=1S/C19H17N5OS/c1-11-4-3-5-12(2)17(11)22-18(25)15-8-14(10-26-15)13-6-7-24-16(9-13)21-19(20)23-24/h3-10H,1-2H3,(H2,20,23)(H,22,25). The Balaban J connectivity index is 1.61. The molecule has 1 aromatic carbocycles. The fourth-order valence-electron chi connectivity index (χ4n) is 2.87. The smallest absolute Gasteiger partial charge is 0.265 e. The second kappa shape index (κ2) is 6.27. The highest BCUT2D eigenvalue weighted by Gasteiger charge is 2.13. The summed E-state index contributed by atoms with van der Waals surface area (Å²) in [6.07, 6.45) is 1.81. The molecule has 4 aromatic rings. The Hall–Kier alpha value is -3.19. The van der Waals surface area contributed by atoms with E-state index in [1.807, 2.05) is 61.8 Å². The lowest BCUT2D eigenvalue weighted by atomic mass is 10.1. The third kappa shape index (κ3) is 2.93. The lowest BCUT2D eigenvalue weighted by molar-refractivity contribution is 0.103. The molecule has 3 N–H and O–H groups in total. The van der Waals surface area contributed by atoms with Gasteiger partial charge in [-0.2, -0.15) is 4.98 Å². The van der Waals surface area contributed by atoms with Crippen molar-refractivity contribution in [3.63, 3.8) is 0 Å². The number of carbonyl (C=O) groups is 1. The van der Waals surface area contributed by atoms with E-state index in [1.54, 1.807) is 4.52 Å². The number of thiophene rings is 1. The van der Waals surface area contributed by atoms with Gasteiger partial charge in [0.05, 0.1) is 4.88 Å². The number of aromatic nitrogens is 3. The van der Waals surface area contributed by atoms with Crippen molar-refractivity contribution >= 4 is 34.5 Å². The van der Waals surface area contributed by atoms with Gasteiger partial charge in [-0.25, -0.2) is 4.52 Å². The number of carbonyl (C=O) groups excluding carboxylic acids is 1. The molecule has 0 atom stereocenters. The summed E-state index contributed by atoms with van der Waals surface area (Å²) in [4.78, 5) is 17.5. The van der Waals surface area contributed by atoms with Crippen LogP contribution in [0.2, 0.25) is 0 Å². The monoisotopic (exact) mass is 363 g/mol. The maximum Gasteiger partial charge on any atom is 0.265 e. The van der Waals surface area contributed by atoms with E-state index in [0.717, 1.165) is 27.9 Å². The third-order valence-corrected chi connectivity index (χ3v) is 5.16. The number of anilines is 2. The van der Waals surface area contributed by atoms with Crippen LogP contribution in [0.15, 0.2) is 48.0 Å². The quantitative estimate of drug-likeness (QED) is 0.578. The van der Waals surface area contributed by atoms with Crippen LogP contribution >= 0.6 is 11.3 Å². The molecule has 4 rings (SSSR count). The van der Waals surface area contributed by atoms with Crippen molar-refractivity contribution in [1.82, 2.24) is 14.6 Å². The minimum atomic E-state index is -0.105. The second-order valence-electron chi connectivity index (χ2n) is 6.11. The van der Waals surface area contributed by atoms with Crippen molar-refractivity contribution in [2.45, 2.75) is 13.8 Å². The van der Waals surface area contributed by atoms with Crippen molar-refractivity contribution in [3.05, 3.63) is 64.0 Å². The number of amides is 1. The number of pyridine rings is 1. The Labute approximate surface area is 154 Å². The summed E-state index contributed by atoms with van der Waals surface area (Å²) in [6, 6.07) is 11.7. The summed E-state index contributed by atoms with van der Waals surface area (Å²) in [6.45, 7) is 3.98.